The van der Waals surface area contributed by atoms with E-state index in [2.05, 4.69) is 21.6 Å². The average molecular weight is 377 g/mol. The molecule has 3 aromatic rings. The molecule has 0 aliphatic heterocycles. The molecule has 1 heterocycles. The van der Waals surface area contributed by atoms with E-state index in [0.29, 0.717) is 22.8 Å². The van der Waals surface area contributed by atoms with Crippen molar-refractivity contribution in [2.24, 2.45) is 7.05 Å². The van der Waals surface area contributed by atoms with Gasteiger partial charge in [0.2, 0.25) is 5.91 Å². The standard InChI is InChI=1S/C20H19N5OS/c1-14(19(26)22-17-11-7-6-10-16(17)13-21)27-20-24-23-18(25(20)2)12-15-8-4-3-5-9-15/h3-11,14H,12H2,1-2H3,(H,22,26)/t14-/m0/s1. The summed E-state index contributed by atoms with van der Waals surface area (Å²) in [7, 11) is 1.90. The maximum absolute atomic E-state index is 12.5. The number of thioether (sulfide) groups is 1. The molecule has 0 unspecified atom stereocenters. The lowest BCUT2D eigenvalue weighted by molar-refractivity contribution is -0.115. The molecule has 0 bridgehead atoms. The van der Waals surface area contributed by atoms with E-state index in [4.69, 9.17) is 5.26 Å². The largest absolute Gasteiger partial charge is 0.324 e. The van der Waals surface area contributed by atoms with Crippen LogP contribution in [0, 0.1) is 11.3 Å². The van der Waals surface area contributed by atoms with E-state index < -0.39 is 0 Å². The van der Waals surface area contributed by atoms with Crippen LogP contribution in [0.25, 0.3) is 0 Å². The van der Waals surface area contributed by atoms with Gasteiger partial charge in [0.1, 0.15) is 11.9 Å². The number of hydrogen-bond donors (Lipinski definition) is 1. The van der Waals surface area contributed by atoms with Gasteiger partial charge in [-0.25, -0.2) is 0 Å². The van der Waals surface area contributed by atoms with E-state index in [0.717, 1.165) is 11.4 Å². The average Bonchev–Trinajstić information content (AvgIpc) is 3.02. The first kappa shape index (κ1) is 18.7. The van der Waals surface area contributed by atoms with Crippen molar-refractivity contribution in [3.63, 3.8) is 0 Å². The summed E-state index contributed by atoms with van der Waals surface area (Å²) in [4.78, 5) is 12.5. The van der Waals surface area contributed by atoms with Crippen molar-refractivity contribution in [3.05, 3.63) is 71.5 Å². The predicted octanol–water partition coefficient (Wildman–Crippen LogP) is 3.40. The van der Waals surface area contributed by atoms with Crippen LogP contribution in [0.3, 0.4) is 0 Å². The summed E-state index contributed by atoms with van der Waals surface area (Å²) < 4.78 is 1.91. The second-order valence-corrected chi connectivity index (χ2v) is 7.33. The van der Waals surface area contributed by atoms with Gasteiger partial charge in [-0.1, -0.05) is 54.2 Å². The normalized spacial score (nSPS) is 11.6. The molecule has 3 rings (SSSR count). The van der Waals surface area contributed by atoms with E-state index in [1.54, 1.807) is 31.2 Å². The third-order valence-electron chi connectivity index (χ3n) is 4.09. The van der Waals surface area contributed by atoms with Crippen LogP contribution in [0.15, 0.2) is 59.8 Å². The number of hydrogen-bond acceptors (Lipinski definition) is 5. The number of carbonyl (C=O) groups excluding carboxylic acids is 1. The minimum atomic E-state index is -0.385. The second kappa shape index (κ2) is 8.52. The van der Waals surface area contributed by atoms with Gasteiger partial charge < -0.3 is 9.88 Å². The molecule has 136 valence electrons. The van der Waals surface area contributed by atoms with Crippen LogP contribution in [0.4, 0.5) is 5.69 Å². The van der Waals surface area contributed by atoms with E-state index in [9.17, 15) is 4.79 Å². The Morgan fingerprint density at radius 3 is 2.63 bits per heavy atom. The van der Waals surface area contributed by atoms with Gasteiger partial charge in [0, 0.05) is 13.5 Å². The van der Waals surface area contributed by atoms with Crippen LogP contribution in [-0.4, -0.2) is 25.9 Å². The Balaban J connectivity index is 1.66. The summed E-state index contributed by atoms with van der Waals surface area (Å²) in [5, 5.41) is 20.7. The molecular weight excluding hydrogens is 358 g/mol. The molecule has 2 aromatic carbocycles. The molecule has 0 spiro atoms. The number of amides is 1. The molecule has 0 fully saturated rings. The van der Waals surface area contributed by atoms with E-state index in [-0.39, 0.29) is 11.2 Å². The third-order valence-corrected chi connectivity index (χ3v) is 5.22. The van der Waals surface area contributed by atoms with Crippen molar-refractivity contribution in [1.29, 1.82) is 5.26 Å². The summed E-state index contributed by atoms with van der Waals surface area (Å²) in [6, 6.07) is 19.1. The molecule has 6 nitrogen and oxygen atoms in total. The number of nitrogens with zero attached hydrogens (tertiary/aromatic N) is 4. The molecule has 0 saturated heterocycles. The van der Waals surface area contributed by atoms with Gasteiger partial charge in [0.15, 0.2) is 5.16 Å². The van der Waals surface area contributed by atoms with Gasteiger partial charge in [-0.3, -0.25) is 4.79 Å². The van der Waals surface area contributed by atoms with Crippen molar-refractivity contribution in [1.82, 2.24) is 14.8 Å². The van der Waals surface area contributed by atoms with Gasteiger partial charge in [0.05, 0.1) is 16.5 Å². The number of rotatable bonds is 6. The summed E-state index contributed by atoms with van der Waals surface area (Å²) in [6.45, 7) is 1.81. The highest BCUT2D eigenvalue weighted by molar-refractivity contribution is 8.00. The van der Waals surface area contributed by atoms with Gasteiger partial charge in [-0.2, -0.15) is 5.26 Å². The predicted molar refractivity (Wildman–Crippen MR) is 105 cm³/mol. The van der Waals surface area contributed by atoms with E-state index in [1.807, 2.05) is 41.9 Å². The fourth-order valence-electron chi connectivity index (χ4n) is 2.52. The summed E-state index contributed by atoms with van der Waals surface area (Å²) >= 11 is 1.34. The van der Waals surface area contributed by atoms with Crippen molar-refractivity contribution in [2.75, 3.05) is 5.32 Å². The number of carbonyl (C=O) groups is 1. The number of nitrogens with one attached hydrogen (secondary N) is 1. The topological polar surface area (TPSA) is 83.6 Å². The van der Waals surface area contributed by atoms with Crippen LogP contribution in [0.5, 0.6) is 0 Å². The highest BCUT2D eigenvalue weighted by Gasteiger charge is 2.19. The van der Waals surface area contributed by atoms with Gasteiger partial charge in [0.25, 0.3) is 0 Å². The quantitative estimate of drug-likeness (QED) is 0.666. The lowest BCUT2D eigenvalue weighted by atomic mass is 10.1. The summed E-state index contributed by atoms with van der Waals surface area (Å²) in [5.41, 5.74) is 2.11. The van der Waals surface area contributed by atoms with Crippen LogP contribution < -0.4 is 5.32 Å². The molecule has 0 aliphatic rings. The Bertz CT molecular complexity index is 978. The monoisotopic (exact) mass is 377 g/mol. The summed E-state index contributed by atoms with van der Waals surface area (Å²) in [6.07, 6.45) is 0.682. The number of nitriles is 1. The molecule has 1 amide bonds. The zero-order chi connectivity index (χ0) is 19.2. The Kier molecular flexibility index (Phi) is 5.89. The fraction of sp³-hybridized carbons (Fsp3) is 0.200. The van der Waals surface area contributed by atoms with Gasteiger partial charge in [-0.15, -0.1) is 10.2 Å². The minimum Gasteiger partial charge on any atom is -0.324 e. The maximum atomic E-state index is 12.5. The highest BCUT2D eigenvalue weighted by atomic mass is 32.2. The number of aromatic nitrogens is 3. The molecule has 0 saturated carbocycles. The molecule has 0 aliphatic carbocycles. The highest BCUT2D eigenvalue weighted by Crippen LogP contribution is 2.24. The number of benzene rings is 2. The van der Waals surface area contributed by atoms with Crippen molar-refractivity contribution < 1.29 is 4.79 Å². The SMILES string of the molecule is C[C@H](Sc1nnc(Cc2ccccc2)n1C)C(=O)Nc1ccccc1C#N. The van der Waals surface area contributed by atoms with Crippen LogP contribution >= 0.6 is 11.8 Å². The van der Waals surface area contributed by atoms with Crippen molar-refractivity contribution in [2.45, 2.75) is 23.8 Å². The first-order chi connectivity index (χ1) is 13.1. The number of para-hydroxylation sites is 1. The van der Waals surface area contributed by atoms with Crippen molar-refractivity contribution >= 4 is 23.4 Å². The smallest absolute Gasteiger partial charge is 0.237 e. The molecule has 27 heavy (non-hydrogen) atoms. The molecule has 1 N–H and O–H groups in total. The molecular formula is C20H19N5OS. The van der Waals surface area contributed by atoms with Crippen LogP contribution in [-0.2, 0) is 18.3 Å². The Morgan fingerprint density at radius 1 is 1.19 bits per heavy atom. The van der Waals surface area contributed by atoms with E-state index >= 15 is 0 Å². The molecule has 0 radical (unpaired) electrons. The van der Waals surface area contributed by atoms with Gasteiger partial charge >= 0.3 is 0 Å². The van der Waals surface area contributed by atoms with Crippen molar-refractivity contribution in [3.8, 4) is 6.07 Å². The third kappa shape index (κ3) is 4.54. The van der Waals surface area contributed by atoms with E-state index in [1.165, 1.54) is 11.8 Å². The molecule has 1 aromatic heterocycles. The lowest BCUT2D eigenvalue weighted by Crippen LogP contribution is -2.23. The second-order valence-electron chi connectivity index (χ2n) is 6.03. The Morgan fingerprint density at radius 2 is 1.89 bits per heavy atom. The minimum absolute atomic E-state index is 0.185. The number of anilines is 1. The van der Waals surface area contributed by atoms with Crippen LogP contribution in [0.2, 0.25) is 0 Å². The first-order valence-corrected chi connectivity index (χ1v) is 9.35. The molecule has 1 atom stereocenters. The zero-order valence-electron chi connectivity index (χ0n) is 15.1. The zero-order valence-corrected chi connectivity index (χ0v) is 15.9. The molecule has 7 heteroatoms. The fourth-order valence-corrected chi connectivity index (χ4v) is 3.35. The van der Waals surface area contributed by atoms with Crippen LogP contribution in [0.1, 0.15) is 23.9 Å². The maximum Gasteiger partial charge on any atom is 0.237 e. The lowest BCUT2D eigenvalue weighted by Gasteiger charge is -2.12. The van der Waals surface area contributed by atoms with Gasteiger partial charge in [-0.05, 0) is 24.6 Å². The summed E-state index contributed by atoms with van der Waals surface area (Å²) in [5.74, 6) is 0.654. The Hall–Kier alpha value is -3.11. The Labute approximate surface area is 162 Å². The first-order valence-electron chi connectivity index (χ1n) is 8.47.